The van der Waals surface area contributed by atoms with Crippen LogP contribution in [-0.4, -0.2) is 26.8 Å². The molecule has 2 aromatic carbocycles. The standard InChI is InChI=1S/C17H12ClFN4O2S/c18-12-8-11(6-7-13(12)19)20-14(24)9-26-17-21-16(25)15(22-23-17)10-4-2-1-3-5-10/h1-8H,9H2,(H,20,24)(H,21,23,25). The summed E-state index contributed by atoms with van der Waals surface area (Å²) in [6.45, 7) is 0. The second kappa shape index (κ2) is 8.11. The van der Waals surface area contributed by atoms with Crippen molar-refractivity contribution in [1.82, 2.24) is 15.2 Å². The van der Waals surface area contributed by atoms with E-state index in [1.165, 1.54) is 12.1 Å². The first kappa shape index (κ1) is 18.1. The number of hydrogen-bond donors (Lipinski definition) is 2. The average Bonchev–Trinajstić information content (AvgIpc) is 2.64. The number of rotatable bonds is 5. The van der Waals surface area contributed by atoms with Crippen LogP contribution in [0.3, 0.4) is 0 Å². The van der Waals surface area contributed by atoms with Gasteiger partial charge in [0.15, 0.2) is 10.9 Å². The molecule has 3 rings (SSSR count). The molecule has 0 aliphatic carbocycles. The van der Waals surface area contributed by atoms with Crippen LogP contribution in [0.1, 0.15) is 0 Å². The van der Waals surface area contributed by atoms with Crippen molar-refractivity contribution in [3.05, 3.63) is 69.7 Å². The highest BCUT2D eigenvalue weighted by molar-refractivity contribution is 7.99. The van der Waals surface area contributed by atoms with Crippen LogP contribution < -0.4 is 10.9 Å². The van der Waals surface area contributed by atoms with E-state index in [9.17, 15) is 14.0 Å². The smallest absolute Gasteiger partial charge is 0.278 e. The van der Waals surface area contributed by atoms with Gasteiger partial charge in [0, 0.05) is 11.3 Å². The number of halogens is 2. The van der Waals surface area contributed by atoms with Crippen molar-refractivity contribution in [3.63, 3.8) is 0 Å². The number of hydrogen-bond acceptors (Lipinski definition) is 5. The minimum atomic E-state index is -0.564. The molecule has 1 heterocycles. The van der Waals surface area contributed by atoms with E-state index in [2.05, 4.69) is 20.5 Å². The fraction of sp³-hybridized carbons (Fsp3) is 0.0588. The molecule has 6 nitrogen and oxygen atoms in total. The number of anilines is 1. The first-order chi connectivity index (χ1) is 12.5. The zero-order valence-electron chi connectivity index (χ0n) is 13.2. The number of nitrogens with zero attached hydrogens (tertiary/aromatic N) is 2. The molecule has 0 fully saturated rings. The molecule has 0 aliphatic heterocycles. The summed E-state index contributed by atoms with van der Waals surface area (Å²) in [4.78, 5) is 26.7. The van der Waals surface area contributed by atoms with Gasteiger partial charge in [0.25, 0.3) is 5.56 Å². The highest BCUT2D eigenvalue weighted by Gasteiger charge is 2.10. The third-order valence-electron chi connectivity index (χ3n) is 3.27. The van der Waals surface area contributed by atoms with E-state index in [1.54, 1.807) is 24.3 Å². The topological polar surface area (TPSA) is 87.7 Å². The van der Waals surface area contributed by atoms with Crippen LogP contribution >= 0.6 is 23.4 Å². The lowest BCUT2D eigenvalue weighted by molar-refractivity contribution is -0.113. The van der Waals surface area contributed by atoms with Gasteiger partial charge >= 0.3 is 0 Å². The minimum absolute atomic E-state index is 0.00962. The van der Waals surface area contributed by atoms with Gasteiger partial charge in [0.1, 0.15) is 5.82 Å². The number of aromatic nitrogens is 3. The van der Waals surface area contributed by atoms with Crippen molar-refractivity contribution in [3.8, 4) is 11.3 Å². The number of nitrogens with one attached hydrogen (secondary N) is 2. The van der Waals surface area contributed by atoms with Crippen molar-refractivity contribution in [2.24, 2.45) is 0 Å². The fourth-order valence-corrected chi connectivity index (χ4v) is 2.86. The first-order valence-corrected chi connectivity index (χ1v) is 8.79. The Kier molecular flexibility index (Phi) is 5.65. The number of carbonyl (C=O) groups is 1. The number of amides is 1. The summed E-state index contributed by atoms with van der Waals surface area (Å²) in [5.41, 5.74) is 0.851. The van der Waals surface area contributed by atoms with Gasteiger partial charge in [-0.3, -0.25) is 14.6 Å². The number of aromatic amines is 1. The van der Waals surface area contributed by atoms with E-state index in [0.29, 0.717) is 11.3 Å². The maximum atomic E-state index is 13.1. The summed E-state index contributed by atoms with van der Waals surface area (Å²) in [5.74, 6) is -0.928. The normalized spacial score (nSPS) is 10.5. The molecule has 0 unspecified atom stereocenters. The molecule has 0 bridgehead atoms. The molecule has 0 saturated heterocycles. The van der Waals surface area contributed by atoms with Gasteiger partial charge in [-0.05, 0) is 18.2 Å². The van der Waals surface area contributed by atoms with Crippen molar-refractivity contribution in [1.29, 1.82) is 0 Å². The van der Waals surface area contributed by atoms with Crippen molar-refractivity contribution < 1.29 is 9.18 Å². The Labute approximate surface area is 156 Å². The molecule has 0 spiro atoms. The lowest BCUT2D eigenvalue weighted by Crippen LogP contribution is -2.17. The Hall–Kier alpha value is -2.71. The zero-order valence-corrected chi connectivity index (χ0v) is 14.8. The van der Waals surface area contributed by atoms with Crippen LogP contribution in [0.4, 0.5) is 10.1 Å². The maximum Gasteiger partial charge on any atom is 0.278 e. The SMILES string of the molecule is O=C(CSc1nnc(-c2ccccc2)c(=O)[nH]1)Nc1ccc(F)c(Cl)c1. The van der Waals surface area contributed by atoms with Crippen LogP contribution in [0.2, 0.25) is 5.02 Å². The van der Waals surface area contributed by atoms with Gasteiger partial charge in [0.2, 0.25) is 5.91 Å². The molecule has 26 heavy (non-hydrogen) atoms. The van der Waals surface area contributed by atoms with Gasteiger partial charge in [-0.15, -0.1) is 10.2 Å². The van der Waals surface area contributed by atoms with Crippen LogP contribution in [0.5, 0.6) is 0 Å². The van der Waals surface area contributed by atoms with E-state index >= 15 is 0 Å². The average molecular weight is 391 g/mol. The van der Waals surface area contributed by atoms with E-state index in [4.69, 9.17) is 11.6 Å². The zero-order chi connectivity index (χ0) is 18.5. The lowest BCUT2D eigenvalue weighted by Gasteiger charge is -2.06. The van der Waals surface area contributed by atoms with Crippen LogP contribution in [0, 0.1) is 5.82 Å². The van der Waals surface area contributed by atoms with Gasteiger partial charge in [-0.25, -0.2) is 4.39 Å². The molecule has 2 N–H and O–H groups in total. The predicted molar refractivity (Wildman–Crippen MR) is 98.9 cm³/mol. The Morgan fingerprint density at radius 3 is 2.65 bits per heavy atom. The Balaban J connectivity index is 1.62. The molecule has 1 aromatic heterocycles. The minimum Gasteiger partial charge on any atom is -0.325 e. The summed E-state index contributed by atoms with van der Waals surface area (Å²) < 4.78 is 13.1. The van der Waals surface area contributed by atoms with Gasteiger partial charge in [0.05, 0.1) is 10.8 Å². The molecule has 132 valence electrons. The quantitative estimate of drug-likeness (QED) is 0.652. The van der Waals surface area contributed by atoms with Crippen molar-refractivity contribution in [2.45, 2.75) is 5.16 Å². The summed E-state index contributed by atoms with van der Waals surface area (Å²) in [6.07, 6.45) is 0. The summed E-state index contributed by atoms with van der Waals surface area (Å²) in [6, 6.07) is 12.8. The van der Waals surface area contributed by atoms with Crippen LogP contribution in [-0.2, 0) is 4.79 Å². The van der Waals surface area contributed by atoms with E-state index in [-0.39, 0.29) is 33.1 Å². The summed E-state index contributed by atoms with van der Waals surface area (Å²) in [7, 11) is 0. The van der Waals surface area contributed by atoms with Gasteiger partial charge < -0.3 is 5.32 Å². The Bertz CT molecular complexity index is 998. The third kappa shape index (κ3) is 4.47. The van der Waals surface area contributed by atoms with E-state index < -0.39 is 5.82 Å². The second-order valence-electron chi connectivity index (χ2n) is 5.14. The van der Waals surface area contributed by atoms with Crippen molar-refractivity contribution >= 4 is 35.0 Å². The number of carbonyl (C=O) groups excluding carboxylic acids is 1. The molecule has 1 amide bonds. The monoisotopic (exact) mass is 390 g/mol. The molecule has 0 saturated carbocycles. The largest absolute Gasteiger partial charge is 0.325 e. The number of thioether (sulfide) groups is 1. The number of benzene rings is 2. The van der Waals surface area contributed by atoms with Crippen molar-refractivity contribution in [2.75, 3.05) is 11.1 Å². The van der Waals surface area contributed by atoms with E-state index in [1.807, 2.05) is 6.07 Å². The summed E-state index contributed by atoms with van der Waals surface area (Å²) >= 11 is 6.69. The number of H-pyrrole nitrogens is 1. The highest BCUT2D eigenvalue weighted by atomic mass is 35.5. The predicted octanol–water partition coefficient (Wildman–Crippen LogP) is 3.36. The van der Waals surface area contributed by atoms with Gasteiger partial charge in [-0.1, -0.05) is 53.7 Å². The Morgan fingerprint density at radius 2 is 1.96 bits per heavy atom. The molecule has 0 radical (unpaired) electrons. The molecular weight excluding hydrogens is 379 g/mol. The third-order valence-corrected chi connectivity index (χ3v) is 4.42. The maximum absolute atomic E-state index is 13.1. The Morgan fingerprint density at radius 1 is 1.19 bits per heavy atom. The molecule has 0 aliphatic rings. The first-order valence-electron chi connectivity index (χ1n) is 7.43. The fourth-order valence-electron chi connectivity index (χ4n) is 2.08. The molecule has 9 heteroatoms. The molecular formula is C17H12ClFN4O2S. The lowest BCUT2D eigenvalue weighted by atomic mass is 10.2. The molecule has 3 aromatic rings. The second-order valence-corrected chi connectivity index (χ2v) is 6.51. The van der Waals surface area contributed by atoms with Crippen LogP contribution in [0.15, 0.2) is 58.5 Å². The van der Waals surface area contributed by atoms with Gasteiger partial charge in [-0.2, -0.15) is 0 Å². The van der Waals surface area contributed by atoms with E-state index in [0.717, 1.165) is 17.8 Å². The molecule has 0 atom stereocenters. The summed E-state index contributed by atoms with van der Waals surface area (Å²) in [5, 5.41) is 10.6. The van der Waals surface area contributed by atoms with Crippen LogP contribution in [0.25, 0.3) is 11.3 Å². The highest BCUT2D eigenvalue weighted by Crippen LogP contribution is 2.20.